The molecule has 0 aliphatic carbocycles. The van der Waals surface area contributed by atoms with Gasteiger partial charge in [0.2, 0.25) is 5.91 Å². The average Bonchev–Trinajstić information content (AvgIpc) is 3.14. The molecule has 1 N–H and O–H groups in total. The predicted octanol–water partition coefficient (Wildman–Crippen LogP) is 7.66. The van der Waals surface area contributed by atoms with Crippen molar-refractivity contribution >= 4 is 84.0 Å². The largest absolute Gasteiger partial charge is 0.490 e. The number of rotatable bonds is 9. The van der Waals surface area contributed by atoms with Crippen molar-refractivity contribution in [2.24, 2.45) is 0 Å². The average molecular weight is 699 g/mol. The minimum atomic E-state index is -0.594. The molecule has 1 aliphatic rings. The van der Waals surface area contributed by atoms with E-state index in [1.54, 1.807) is 55.5 Å². The van der Waals surface area contributed by atoms with Crippen LogP contribution in [0.15, 0.2) is 68.4 Å². The van der Waals surface area contributed by atoms with Crippen LogP contribution in [0.2, 0.25) is 5.02 Å². The van der Waals surface area contributed by atoms with Crippen LogP contribution in [0.4, 0.5) is 14.9 Å². The summed E-state index contributed by atoms with van der Waals surface area (Å²) in [7, 11) is 0. The second-order valence-corrected chi connectivity index (χ2v) is 11.2. The molecule has 0 atom stereocenters. The molecule has 0 saturated carbocycles. The number of thioether (sulfide) groups is 1. The minimum absolute atomic E-state index is 0.0158. The Kier molecular flexibility index (Phi) is 9.71. The first-order valence-electron chi connectivity index (χ1n) is 11.5. The maximum Gasteiger partial charge on any atom is 0.294 e. The van der Waals surface area contributed by atoms with E-state index in [-0.39, 0.29) is 17.3 Å². The molecule has 0 unspecified atom stereocenters. The monoisotopic (exact) mass is 696 g/mol. The fourth-order valence-electron chi connectivity index (χ4n) is 3.55. The van der Waals surface area contributed by atoms with Gasteiger partial charge in [-0.1, -0.05) is 29.8 Å². The first-order chi connectivity index (χ1) is 18.7. The van der Waals surface area contributed by atoms with Gasteiger partial charge in [-0.25, -0.2) is 4.39 Å². The number of nitrogens with zero attached hydrogens (tertiary/aromatic N) is 1. The lowest BCUT2D eigenvalue weighted by Gasteiger charge is -2.15. The molecular weight excluding hydrogens is 679 g/mol. The number of nitrogens with one attached hydrogen (secondary N) is 1. The Morgan fingerprint density at radius 3 is 2.59 bits per heavy atom. The number of amides is 3. The molecule has 1 heterocycles. The van der Waals surface area contributed by atoms with Crippen molar-refractivity contribution in [1.29, 1.82) is 0 Å². The highest BCUT2D eigenvalue weighted by molar-refractivity contribution is 9.10. The molecule has 3 aromatic carbocycles. The first kappa shape index (κ1) is 29.1. The summed E-state index contributed by atoms with van der Waals surface area (Å²) in [5.41, 5.74) is 1.38. The quantitative estimate of drug-likeness (QED) is 0.231. The molecule has 3 amide bonds. The van der Waals surface area contributed by atoms with E-state index in [2.05, 4.69) is 37.2 Å². The summed E-state index contributed by atoms with van der Waals surface area (Å²) >= 11 is 13.5. The predicted molar refractivity (Wildman–Crippen MR) is 157 cm³/mol. The number of imide groups is 1. The maximum absolute atomic E-state index is 14.0. The molecular formula is C27H20Br2ClFN2O5S. The lowest BCUT2D eigenvalue weighted by atomic mass is 10.1. The number of carbonyl (C=O) groups excluding carboxylic acids is 3. The molecule has 0 aromatic heterocycles. The zero-order valence-electron chi connectivity index (χ0n) is 20.3. The summed E-state index contributed by atoms with van der Waals surface area (Å²) < 4.78 is 26.8. The molecule has 4 rings (SSSR count). The molecule has 1 fully saturated rings. The Morgan fingerprint density at radius 2 is 1.87 bits per heavy atom. The van der Waals surface area contributed by atoms with Gasteiger partial charge in [-0.15, -0.1) is 0 Å². The van der Waals surface area contributed by atoms with Gasteiger partial charge >= 0.3 is 0 Å². The summed E-state index contributed by atoms with van der Waals surface area (Å²) in [5, 5.41) is 2.47. The van der Waals surface area contributed by atoms with E-state index in [4.69, 9.17) is 21.1 Å². The van der Waals surface area contributed by atoms with Crippen LogP contribution in [0.25, 0.3) is 6.08 Å². The van der Waals surface area contributed by atoms with Gasteiger partial charge in [-0.2, -0.15) is 0 Å². The summed E-state index contributed by atoms with van der Waals surface area (Å²) in [4.78, 5) is 39.0. The highest BCUT2D eigenvalue weighted by Gasteiger charge is 2.36. The summed E-state index contributed by atoms with van der Waals surface area (Å²) in [6.45, 7) is 1.67. The topological polar surface area (TPSA) is 84.9 Å². The molecule has 1 aliphatic heterocycles. The van der Waals surface area contributed by atoms with Gasteiger partial charge < -0.3 is 14.8 Å². The van der Waals surface area contributed by atoms with Gasteiger partial charge in [-0.3, -0.25) is 19.3 Å². The Labute approximate surface area is 249 Å². The van der Waals surface area contributed by atoms with Gasteiger partial charge in [-0.05, 0) is 98.6 Å². The van der Waals surface area contributed by atoms with E-state index in [9.17, 15) is 18.8 Å². The summed E-state index contributed by atoms with van der Waals surface area (Å²) in [6, 6.07) is 14.5. The molecule has 202 valence electrons. The van der Waals surface area contributed by atoms with Crippen molar-refractivity contribution in [2.75, 3.05) is 18.5 Å². The summed E-state index contributed by atoms with van der Waals surface area (Å²) in [6.07, 6.45) is 1.53. The van der Waals surface area contributed by atoms with Gasteiger partial charge in [0, 0.05) is 15.7 Å². The first-order valence-corrected chi connectivity index (χ1v) is 14.3. The van der Waals surface area contributed by atoms with Gasteiger partial charge in [0.1, 0.15) is 19.0 Å². The van der Waals surface area contributed by atoms with Crippen LogP contribution in [-0.4, -0.2) is 35.1 Å². The zero-order chi connectivity index (χ0) is 28.1. The van der Waals surface area contributed by atoms with Crippen molar-refractivity contribution in [1.82, 2.24) is 4.90 Å². The molecule has 0 radical (unpaired) electrons. The number of carbonyl (C=O) groups is 3. The maximum atomic E-state index is 14.0. The van der Waals surface area contributed by atoms with E-state index in [0.29, 0.717) is 48.9 Å². The van der Waals surface area contributed by atoms with Crippen molar-refractivity contribution in [2.45, 2.75) is 13.5 Å². The zero-order valence-corrected chi connectivity index (χ0v) is 25.0. The van der Waals surface area contributed by atoms with Crippen LogP contribution in [0.3, 0.4) is 0 Å². The van der Waals surface area contributed by atoms with E-state index < -0.39 is 23.6 Å². The SMILES string of the molecule is CCOc1cc(/C=C2\SC(=O)N(CC(=O)Nc3ccc(Br)c(Cl)c3)C2=O)cc(Br)c1OCc1ccccc1F. The third-order valence-electron chi connectivity index (χ3n) is 5.34. The fraction of sp³-hybridized carbons (Fsp3) is 0.148. The molecule has 0 spiro atoms. The third kappa shape index (κ3) is 7.21. The van der Waals surface area contributed by atoms with Gasteiger partial charge in [0.25, 0.3) is 11.1 Å². The molecule has 7 nitrogen and oxygen atoms in total. The standard InChI is InChI=1S/C27H20Br2ClFN2O5S/c1-2-37-22-10-15(9-19(29)25(22)38-14-16-5-3-4-6-21(16)31)11-23-26(35)33(27(36)39-23)13-24(34)32-17-7-8-18(28)20(30)12-17/h3-12H,2,13-14H2,1H3,(H,32,34)/b23-11-. The van der Waals surface area contributed by atoms with Crippen LogP contribution in [0.5, 0.6) is 11.5 Å². The smallest absolute Gasteiger partial charge is 0.294 e. The fourth-order valence-corrected chi connectivity index (χ4v) is 5.38. The van der Waals surface area contributed by atoms with E-state index >= 15 is 0 Å². The Bertz CT molecular complexity index is 1490. The molecule has 0 bridgehead atoms. The van der Waals surface area contributed by atoms with Crippen LogP contribution < -0.4 is 14.8 Å². The highest BCUT2D eigenvalue weighted by Crippen LogP contribution is 2.40. The molecule has 3 aromatic rings. The lowest BCUT2D eigenvalue weighted by molar-refractivity contribution is -0.127. The second-order valence-electron chi connectivity index (χ2n) is 8.09. The minimum Gasteiger partial charge on any atom is -0.490 e. The number of anilines is 1. The number of hydrogen-bond acceptors (Lipinski definition) is 6. The van der Waals surface area contributed by atoms with E-state index in [1.807, 2.05) is 0 Å². The van der Waals surface area contributed by atoms with Gasteiger partial charge in [0.15, 0.2) is 11.5 Å². The highest BCUT2D eigenvalue weighted by atomic mass is 79.9. The van der Waals surface area contributed by atoms with E-state index in [1.165, 1.54) is 12.1 Å². The summed E-state index contributed by atoms with van der Waals surface area (Å²) in [5.74, 6) is -0.776. The molecule has 1 saturated heterocycles. The number of benzene rings is 3. The number of ether oxygens (including phenoxy) is 2. The van der Waals surface area contributed by atoms with Crippen molar-refractivity contribution in [3.05, 3.63) is 90.4 Å². The van der Waals surface area contributed by atoms with Gasteiger partial charge in [0.05, 0.1) is 21.0 Å². The lowest BCUT2D eigenvalue weighted by Crippen LogP contribution is -2.36. The second kappa shape index (κ2) is 13.0. The van der Waals surface area contributed by atoms with E-state index in [0.717, 1.165) is 16.7 Å². The van der Waals surface area contributed by atoms with Crippen molar-refractivity contribution in [3.8, 4) is 11.5 Å². The Hall–Kier alpha value is -2.86. The number of hydrogen-bond donors (Lipinski definition) is 1. The third-order valence-corrected chi connectivity index (χ3v) is 8.07. The van der Waals surface area contributed by atoms with Crippen LogP contribution in [0.1, 0.15) is 18.1 Å². The number of halogens is 4. The molecule has 12 heteroatoms. The van der Waals surface area contributed by atoms with Crippen LogP contribution in [-0.2, 0) is 16.2 Å². The van der Waals surface area contributed by atoms with Crippen LogP contribution >= 0.6 is 55.2 Å². The normalized spacial score (nSPS) is 14.2. The molecule has 39 heavy (non-hydrogen) atoms. The van der Waals surface area contributed by atoms with Crippen molar-refractivity contribution in [3.63, 3.8) is 0 Å². The van der Waals surface area contributed by atoms with Crippen molar-refractivity contribution < 1.29 is 28.2 Å². The van der Waals surface area contributed by atoms with Crippen LogP contribution in [0, 0.1) is 5.82 Å². The Balaban J connectivity index is 1.49. The Morgan fingerprint density at radius 1 is 1.10 bits per heavy atom.